The molecule has 2 aliphatic rings. The molecule has 5 rings (SSSR count). The van der Waals surface area contributed by atoms with Crippen molar-refractivity contribution in [1.82, 2.24) is 10.4 Å². The number of carbonyl (C=O) groups is 3. The lowest BCUT2D eigenvalue weighted by Crippen LogP contribution is -2.34. The van der Waals surface area contributed by atoms with Gasteiger partial charge in [-0.15, -0.1) is 0 Å². The summed E-state index contributed by atoms with van der Waals surface area (Å²) in [6, 6.07) is 24.7. The van der Waals surface area contributed by atoms with E-state index < -0.39 is 23.4 Å². The lowest BCUT2D eigenvalue weighted by atomic mass is 9.83. The van der Waals surface area contributed by atoms with Crippen molar-refractivity contribution in [3.8, 4) is 11.1 Å². The molecule has 1 heterocycles. The molecule has 42 heavy (non-hydrogen) atoms. The predicted octanol–water partition coefficient (Wildman–Crippen LogP) is 5.57. The van der Waals surface area contributed by atoms with Gasteiger partial charge in [-0.2, -0.15) is 0 Å². The fourth-order valence-corrected chi connectivity index (χ4v) is 5.58. The van der Waals surface area contributed by atoms with Gasteiger partial charge in [-0.1, -0.05) is 91.7 Å². The lowest BCUT2D eigenvalue weighted by Gasteiger charge is -2.22. The molecular weight excluding hydrogens is 532 g/mol. The summed E-state index contributed by atoms with van der Waals surface area (Å²) in [7, 11) is 0. The maximum Gasteiger partial charge on any atom is 0.336 e. The minimum absolute atomic E-state index is 0.124. The third-order valence-electron chi connectivity index (χ3n) is 7.86. The van der Waals surface area contributed by atoms with Crippen molar-refractivity contribution in [3.63, 3.8) is 0 Å². The van der Waals surface area contributed by atoms with E-state index in [0.717, 1.165) is 47.9 Å². The molecule has 3 aromatic rings. The number of hydrogen-bond acceptors (Lipinski definition) is 5. The Morgan fingerprint density at radius 3 is 2.24 bits per heavy atom. The van der Waals surface area contributed by atoms with E-state index in [1.165, 1.54) is 0 Å². The number of unbranched alkanes of at least 4 members (excludes halogenated alkanes) is 3. The number of nitrogens with one attached hydrogen (secondary N) is 1. The normalized spacial score (nSPS) is 19.1. The molecule has 8 nitrogen and oxygen atoms in total. The Hall–Kier alpha value is -4.53. The van der Waals surface area contributed by atoms with Crippen LogP contribution in [0.5, 0.6) is 0 Å². The van der Waals surface area contributed by atoms with Crippen LogP contribution in [0.2, 0.25) is 0 Å². The molecule has 1 saturated heterocycles. The molecule has 3 aromatic carbocycles. The third kappa shape index (κ3) is 6.20. The van der Waals surface area contributed by atoms with Crippen molar-refractivity contribution < 1.29 is 29.4 Å². The number of allylic oxidation sites excluding steroid dienone is 2. The number of carboxylic acid groups (broad SMARTS) is 2. The standard InChI is InChI=1S/C34H34N2O6/c37-31(38)29-17-15-26(24-11-5-3-6-12-24)21-28(29)23-42-35-19-9-1-2-10-20-36-33(41)34(36)22-27(16-18-30(34)32(39)40)25-13-7-4-8-14-25/h3-8,11-18,21-22,30,35H,1-2,9-10,19-20,23H2,(H,37,38)(H,39,40). The summed E-state index contributed by atoms with van der Waals surface area (Å²) < 4.78 is 0. The van der Waals surface area contributed by atoms with E-state index in [1.807, 2.05) is 72.8 Å². The smallest absolute Gasteiger partial charge is 0.336 e. The van der Waals surface area contributed by atoms with Crippen LogP contribution in [0.15, 0.2) is 97.1 Å². The number of benzene rings is 3. The number of hydrogen-bond donors (Lipinski definition) is 3. The van der Waals surface area contributed by atoms with Gasteiger partial charge in [0.25, 0.3) is 5.91 Å². The largest absolute Gasteiger partial charge is 0.481 e. The van der Waals surface area contributed by atoms with Crippen LogP contribution in [0.4, 0.5) is 0 Å². The molecule has 1 aliphatic carbocycles. The summed E-state index contributed by atoms with van der Waals surface area (Å²) in [5.41, 5.74) is 6.37. The quantitative estimate of drug-likeness (QED) is 0.133. The summed E-state index contributed by atoms with van der Waals surface area (Å²) in [6.45, 7) is 1.23. The highest BCUT2D eigenvalue weighted by atomic mass is 16.6. The van der Waals surface area contributed by atoms with Crippen LogP contribution in [0.1, 0.15) is 47.2 Å². The molecule has 0 saturated carbocycles. The molecule has 0 aromatic heterocycles. The number of aromatic carboxylic acids is 1. The second kappa shape index (κ2) is 13.0. The predicted molar refractivity (Wildman–Crippen MR) is 159 cm³/mol. The zero-order chi connectivity index (χ0) is 29.5. The van der Waals surface area contributed by atoms with Gasteiger partial charge in [0.15, 0.2) is 5.54 Å². The zero-order valence-electron chi connectivity index (χ0n) is 23.2. The highest BCUT2D eigenvalue weighted by Crippen LogP contribution is 2.48. The monoisotopic (exact) mass is 566 g/mol. The Kier molecular flexibility index (Phi) is 8.95. The summed E-state index contributed by atoms with van der Waals surface area (Å²) in [6.07, 6.45) is 8.64. The fraction of sp³-hybridized carbons (Fsp3) is 0.265. The second-order valence-corrected chi connectivity index (χ2v) is 10.6. The summed E-state index contributed by atoms with van der Waals surface area (Å²) in [5, 5.41) is 19.4. The van der Waals surface area contributed by atoms with Gasteiger partial charge in [0.05, 0.1) is 12.2 Å². The van der Waals surface area contributed by atoms with Crippen molar-refractivity contribution in [3.05, 3.63) is 114 Å². The first kappa shape index (κ1) is 29.0. The lowest BCUT2D eigenvalue weighted by molar-refractivity contribution is -0.141. The maximum atomic E-state index is 12.9. The first-order valence-corrected chi connectivity index (χ1v) is 14.2. The van der Waals surface area contributed by atoms with E-state index in [4.69, 9.17) is 4.84 Å². The first-order chi connectivity index (χ1) is 20.4. The highest BCUT2D eigenvalue weighted by molar-refractivity contribution is 6.11. The minimum Gasteiger partial charge on any atom is -0.481 e. The molecule has 8 heteroatoms. The fourth-order valence-electron chi connectivity index (χ4n) is 5.58. The zero-order valence-corrected chi connectivity index (χ0v) is 23.2. The topological polar surface area (TPSA) is 116 Å². The van der Waals surface area contributed by atoms with Gasteiger partial charge in [0, 0.05) is 13.1 Å². The first-order valence-electron chi connectivity index (χ1n) is 14.2. The number of amides is 1. The van der Waals surface area contributed by atoms with E-state index in [9.17, 15) is 24.6 Å². The molecule has 0 radical (unpaired) electrons. The molecular formula is C34H34N2O6. The van der Waals surface area contributed by atoms with Crippen molar-refractivity contribution in [1.29, 1.82) is 0 Å². The Labute approximate surface area is 244 Å². The van der Waals surface area contributed by atoms with Gasteiger partial charge >= 0.3 is 11.9 Å². The molecule has 1 aliphatic heterocycles. The molecule has 3 N–H and O–H groups in total. The van der Waals surface area contributed by atoms with Crippen LogP contribution >= 0.6 is 0 Å². The van der Waals surface area contributed by atoms with Gasteiger partial charge in [0.1, 0.15) is 5.92 Å². The van der Waals surface area contributed by atoms with Crippen LogP contribution in [-0.4, -0.2) is 51.6 Å². The number of carboxylic acids is 2. The average molecular weight is 567 g/mol. The number of carbonyl (C=O) groups excluding carboxylic acids is 1. The van der Waals surface area contributed by atoms with E-state index in [-0.39, 0.29) is 18.1 Å². The summed E-state index contributed by atoms with van der Waals surface area (Å²) >= 11 is 0. The third-order valence-corrected chi connectivity index (χ3v) is 7.86. The molecule has 2 unspecified atom stereocenters. The average Bonchev–Trinajstić information content (AvgIpc) is 3.55. The van der Waals surface area contributed by atoms with Gasteiger partial charge in [0.2, 0.25) is 0 Å². The molecule has 216 valence electrons. The Balaban J connectivity index is 1.06. The second-order valence-electron chi connectivity index (χ2n) is 10.6. The van der Waals surface area contributed by atoms with E-state index >= 15 is 0 Å². The summed E-state index contributed by atoms with van der Waals surface area (Å²) in [4.78, 5) is 43.8. The summed E-state index contributed by atoms with van der Waals surface area (Å²) in [5.74, 6) is -3.03. The van der Waals surface area contributed by atoms with Crippen molar-refractivity contribution >= 4 is 23.4 Å². The maximum absolute atomic E-state index is 12.9. The van der Waals surface area contributed by atoms with Crippen molar-refractivity contribution in [2.75, 3.05) is 13.1 Å². The molecule has 1 spiro atoms. The number of rotatable bonds is 14. The van der Waals surface area contributed by atoms with Crippen LogP contribution in [-0.2, 0) is 21.0 Å². The van der Waals surface area contributed by atoms with Crippen LogP contribution in [0.25, 0.3) is 16.7 Å². The highest BCUT2D eigenvalue weighted by Gasteiger charge is 2.67. The minimum atomic E-state index is -1.10. The van der Waals surface area contributed by atoms with Gasteiger partial charge in [-0.25, -0.2) is 10.3 Å². The van der Waals surface area contributed by atoms with Gasteiger partial charge < -0.3 is 15.1 Å². The van der Waals surface area contributed by atoms with E-state index in [1.54, 1.807) is 29.2 Å². The van der Waals surface area contributed by atoms with Crippen LogP contribution in [0.3, 0.4) is 0 Å². The van der Waals surface area contributed by atoms with Crippen LogP contribution < -0.4 is 5.48 Å². The molecule has 1 amide bonds. The Bertz CT molecular complexity index is 1500. The van der Waals surface area contributed by atoms with Crippen LogP contribution in [0, 0.1) is 5.92 Å². The molecule has 0 bridgehead atoms. The number of hydroxylamine groups is 1. The SMILES string of the molecule is O=C(O)c1ccc(-c2ccccc2)cc1CONCCCCCCN1C(=O)C12C=C(c1ccccc1)C=CC2C(=O)O. The Morgan fingerprint density at radius 2 is 1.55 bits per heavy atom. The van der Waals surface area contributed by atoms with Crippen molar-refractivity contribution in [2.45, 2.75) is 37.8 Å². The number of aliphatic carboxylic acids is 1. The molecule has 1 fully saturated rings. The Morgan fingerprint density at radius 1 is 0.857 bits per heavy atom. The molecule has 2 atom stereocenters. The van der Waals surface area contributed by atoms with Gasteiger partial charge in [-0.3, -0.25) is 14.4 Å². The number of nitrogens with zero attached hydrogens (tertiary/aromatic N) is 1. The van der Waals surface area contributed by atoms with E-state index in [0.29, 0.717) is 18.7 Å². The van der Waals surface area contributed by atoms with Crippen molar-refractivity contribution in [2.24, 2.45) is 5.92 Å². The van der Waals surface area contributed by atoms with E-state index in [2.05, 4.69) is 5.48 Å². The van der Waals surface area contributed by atoms with Gasteiger partial charge in [-0.05, 0) is 58.9 Å².